The Morgan fingerprint density at radius 1 is 0.730 bits per heavy atom. The smallest absolute Gasteiger partial charge is 0.302 e. The van der Waals surface area contributed by atoms with Crippen LogP contribution in [0.4, 0.5) is 5.69 Å². The number of hydrogen-bond donors (Lipinski definition) is 0. The van der Waals surface area contributed by atoms with Gasteiger partial charge in [0.15, 0.2) is 0 Å². The molecule has 5 nitrogen and oxygen atoms in total. The van der Waals surface area contributed by atoms with E-state index < -0.39 is 0 Å². The maximum atomic E-state index is 12.4. The summed E-state index contributed by atoms with van der Waals surface area (Å²) < 4.78 is 11.0. The molecule has 0 fully saturated rings. The maximum Gasteiger partial charge on any atom is 0.302 e. The van der Waals surface area contributed by atoms with Crippen molar-refractivity contribution in [2.75, 3.05) is 11.5 Å². The zero-order valence-electron chi connectivity index (χ0n) is 23.3. The van der Waals surface area contributed by atoms with Crippen molar-refractivity contribution >= 4 is 17.6 Å². The quantitative estimate of drug-likeness (QED) is 0.141. The second-order valence-corrected chi connectivity index (χ2v) is 9.94. The summed E-state index contributed by atoms with van der Waals surface area (Å²) in [6.45, 7) is 6.62. The summed E-state index contributed by atoms with van der Waals surface area (Å²) in [6.07, 6.45) is 16.0. The third-order valence-electron chi connectivity index (χ3n) is 6.58. The molecule has 2 aromatic rings. The van der Waals surface area contributed by atoms with Gasteiger partial charge in [0.2, 0.25) is 5.91 Å². The molecule has 0 bridgehead atoms. The van der Waals surface area contributed by atoms with Crippen molar-refractivity contribution < 1.29 is 19.1 Å². The van der Waals surface area contributed by atoms with Gasteiger partial charge in [0.05, 0.1) is 13.2 Å². The molecule has 0 radical (unpaired) electrons. The fourth-order valence-corrected chi connectivity index (χ4v) is 4.39. The Hall–Kier alpha value is -2.82. The highest BCUT2D eigenvalue weighted by Gasteiger charge is 2.13. The maximum absolute atomic E-state index is 12.4. The van der Waals surface area contributed by atoms with Crippen molar-refractivity contribution in [2.45, 2.75) is 111 Å². The van der Waals surface area contributed by atoms with Crippen LogP contribution in [0.2, 0.25) is 0 Å². The van der Waals surface area contributed by atoms with Gasteiger partial charge in [-0.25, -0.2) is 0 Å². The Labute approximate surface area is 224 Å². The monoisotopic (exact) mass is 509 g/mol. The number of amides is 1. The van der Waals surface area contributed by atoms with Gasteiger partial charge in [0.1, 0.15) is 12.4 Å². The van der Waals surface area contributed by atoms with E-state index in [1.807, 2.05) is 48.5 Å². The molecule has 0 atom stereocenters. The molecule has 2 rings (SSSR count). The minimum Gasteiger partial charge on any atom is -0.494 e. The highest BCUT2D eigenvalue weighted by atomic mass is 16.5. The van der Waals surface area contributed by atoms with Gasteiger partial charge in [0.25, 0.3) is 0 Å². The molecule has 0 unspecified atom stereocenters. The summed E-state index contributed by atoms with van der Waals surface area (Å²) in [6, 6.07) is 15.5. The number of rotatable bonds is 19. The highest BCUT2D eigenvalue weighted by molar-refractivity contribution is 5.91. The third-order valence-corrected chi connectivity index (χ3v) is 6.58. The fraction of sp³-hybridized carbons (Fsp3) is 0.562. The standard InChI is InChI=1S/C32H47NO4/c1-4-5-6-7-8-9-10-11-12-13-14-15-23-36-32-21-19-29(20-22-32)25-33(27(2)34)31-18-16-17-30(24-31)26-37-28(3)35/h16-22,24H,4-15,23,25-26H2,1-3H3. The number of anilines is 1. The number of ether oxygens (including phenoxy) is 2. The summed E-state index contributed by atoms with van der Waals surface area (Å²) in [5.74, 6) is 0.497. The van der Waals surface area contributed by atoms with E-state index in [-0.39, 0.29) is 18.5 Å². The Balaban J connectivity index is 1.66. The largest absolute Gasteiger partial charge is 0.494 e. The van der Waals surface area contributed by atoms with Gasteiger partial charge in [-0.3, -0.25) is 9.59 Å². The molecular weight excluding hydrogens is 462 g/mol. The van der Waals surface area contributed by atoms with Crippen molar-refractivity contribution in [3.8, 4) is 5.75 Å². The number of nitrogens with zero attached hydrogens (tertiary/aromatic N) is 1. The summed E-state index contributed by atoms with van der Waals surface area (Å²) in [7, 11) is 0. The number of carbonyl (C=O) groups is 2. The zero-order chi connectivity index (χ0) is 26.7. The van der Waals surface area contributed by atoms with E-state index in [1.54, 1.807) is 11.8 Å². The van der Waals surface area contributed by atoms with Gasteiger partial charge >= 0.3 is 5.97 Å². The van der Waals surface area contributed by atoms with Crippen LogP contribution in [-0.2, 0) is 27.5 Å². The van der Waals surface area contributed by atoms with Crippen LogP contribution < -0.4 is 9.64 Å². The van der Waals surface area contributed by atoms with Crippen molar-refractivity contribution in [3.05, 3.63) is 59.7 Å². The molecule has 0 saturated carbocycles. The van der Waals surface area contributed by atoms with Gasteiger partial charge in [-0.15, -0.1) is 0 Å². The van der Waals surface area contributed by atoms with Crippen LogP contribution in [0.1, 0.15) is 109 Å². The van der Waals surface area contributed by atoms with Gasteiger partial charge in [-0.1, -0.05) is 102 Å². The lowest BCUT2D eigenvalue weighted by Crippen LogP contribution is -2.27. The first-order chi connectivity index (χ1) is 18.0. The Morgan fingerprint density at radius 3 is 1.89 bits per heavy atom. The van der Waals surface area contributed by atoms with Crippen LogP contribution in [0.3, 0.4) is 0 Å². The molecule has 37 heavy (non-hydrogen) atoms. The molecule has 0 aliphatic rings. The fourth-order valence-electron chi connectivity index (χ4n) is 4.39. The van der Waals surface area contributed by atoms with E-state index in [0.717, 1.165) is 35.6 Å². The topological polar surface area (TPSA) is 55.8 Å². The number of esters is 1. The molecule has 0 saturated heterocycles. The van der Waals surface area contributed by atoms with E-state index >= 15 is 0 Å². The highest BCUT2D eigenvalue weighted by Crippen LogP contribution is 2.21. The van der Waals surface area contributed by atoms with Gasteiger partial charge in [0, 0.05) is 19.5 Å². The Kier molecular flexibility index (Phi) is 15.1. The van der Waals surface area contributed by atoms with E-state index in [1.165, 1.54) is 77.6 Å². The lowest BCUT2D eigenvalue weighted by Gasteiger charge is -2.22. The van der Waals surface area contributed by atoms with Crippen LogP contribution in [0.15, 0.2) is 48.5 Å². The zero-order valence-corrected chi connectivity index (χ0v) is 23.3. The summed E-state index contributed by atoms with van der Waals surface area (Å²) in [5.41, 5.74) is 2.66. The van der Waals surface area contributed by atoms with Crippen molar-refractivity contribution in [1.29, 1.82) is 0 Å². The van der Waals surface area contributed by atoms with Crippen LogP contribution in [0.5, 0.6) is 5.75 Å². The average Bonchev–Trinajstić information content (AvgIpc) is 2.89. The minimum absolute atomic E-state index is 0.0445. The van der Waals surface area contributed by atoms with Crippen LogP contribution >= 0.6 is 0 Å². The third kappa shape index (κ3) is 13.3. The first-order valence-corrected chi connectivity index (χ1v) is 14.2. The van der Waals surface area contributed by atoms with E-state index in [2.05, 4.69) is 6.92 Å². The lowest BCUT2D eigenvalue weighted by molar-refractivity contribution is -0.142. The van der Waals surface area contributed by atoms with Crippen LogP contribution in [-0.4, -0.2) is 18.5 Å². The lowest BCUT2D eigenvalue weighted by atomic mass is 10.1. The van der Waals surface area contributed by atoms with Crippen molar-refractivity contribution in [2.24, 2.45) is 0 Å². The predicted octanol–water partition coefficient (Wildman–Crippen LogP) is 8.38. The number of hydrogen-bond acceptors (Lipinski definition) is 4. The first kappa shape index (κ1) is 30.4. The molecule has 0 aliphatic heterocycles. The number of benzene rings is 2. The average molecular weight is 510 g/mol. The molecular formula is C32H47NO4. The molecule has 5 heteroatoms. The molecule has 0 spiro atoms. The second kappa shape index (κ2) is 18.4. The molecule has 0 aliphatic carbocycles. The number of unbranched alkanes of at least 4 members (excludes halogenated alkanes) is 11. The van der Waals surface area contributed by atoms with Gasteiger partial charge < -0.3 is 14.4 Å². The van der Waals surface area contributed by atoms with Gasteiger partial charge in [-0.2, -0.15) is 0 Å². The normalized spacial score (nSPS) is 10.8. The Bertz CT molecular complexity index is 909. The van der Waals surface area contributed by atoms with Crippen LogP contribution in [0.25, 0.3) is 0 Å². The predicted molar refractivity (Wildman–Crippen MR) is 152 cm³/mol. The summed E-state index contributed by atoms with van der Waals surface area (Å²) in [4.78, 5) is 25.2. The van der Waals surface area contributed by atoms with E-state index in [9.17, 15) is 9.59 Å². The van der Waals surface area contributed by atoms with Crippen molar-refractivity contribution in [3.63, 3.8) is 0 Å². The van der Waals surface area contributed by atoms with E-state index in [0.29, 0.717) is 6.54 Å². The second-order valence-electron chi connectivity index (χ2n) is 9.94. The van der Waals surface area contributed by atoms with Crippen LogP contribution in [0, 0.1) is 0 Å². The number of carbonyl (C=O) groups excluding carboxylic acids is 2. The first-order valence-electron chi connectivity index (χ1n) is 14.2. The van der Waals surface area contributed by atoms with Gasteiger partial charge in [-0.05, 0) is 41.8 Å². The molecule has 0 aromatic heterocycles. The molecule has 0 N–H and O–H groups in total. The SMILES string of the molecule is CCCCCCCCCCCCCCOc1ccc(CN(C(C)=O)c2cccc(COC(C)=O)c2)cc1. The summed E-state index contributed by atoms with van der Waals surface area (Å²) >= 11 is 0. The van der Waals surface area contributed by atoms with Crippen molar-refractivity contribution in [1.82, 2.24) is 0 Å². The molecule has 0 heterocycles. The Morgan fingerprint density at radius 2 is 1.32 bits per heavy atom. The molecule has 204 valence electrons. The van der Waals surface area contributed by atoms with E-state index in [4.69, 9.17) is 9.47 Å². The molecule has 1 amide bonds. The minimum atomic E-state index is -0.324. The molecule has 2 aromatic carbocycles. The summed E-state index contributed by atoms with van der Waals surface area (Å²) in [5, 5.41) is 0.